The summed E-state index contributed by atoms with van der Waals surface area (Å²) >= 11 is 1.50. The van der Waals surface area contributed by atoms with Crippen molar-refractivity contribution in [2.45, 2.75) is 69.2 Å². The van der Waals surface area contributed by atoms with Gasteiger partial charge in [-0.1, -0.05) is 69.6 Å². The molecule has 0 aliphatic carbocycles. The molecule has 0 radical (unpaired) electrons. The number of likely N-dealkylation sites (tertiary alicyclic amines) is 1. The molecule has 1 aliphatic heterocycles. The van der Waals surface area contributed by atoms with E-state index in [0.717, 1.165) is 42.5 Å². The summed E-state index contributed by atoms with van der Waals surface area (Å²) in [5.41, 5.74) is 2.47. The summed E-state index contributed by atoms with van der Waals surface area (Å²) < 4.78 is 1.99. The molecule has 0 spiro atoms. The van der Waals surface area contributed by atoms with Crippen molar-refractivity contribution in [3.05, 3.63) is 29.8 Å². The number of aromatic nitrogens is 3. The highest BCUT2D eigenvalue weighted by Crippen LogP contribution is 2.29. The molecule has 2 aromatic rings. The van der Waals surface area contributed by atoms with Crippen LogP contribution in [0, 0.1) is 0 Å². The fraction of sp³-hybridized carbons (Fsp3) is 0.591. The number of amides is 1. The summed E-state index contributed by atoms with van der Waals surface area (Å²) in [7, 11) is 1.97. The van der Waals surface area contributed by atoms with Crippen LogP contribution in [-0.2, 0) is 17.3 Å². The molecule has 1 saturated heterocycles. The number of nitrogens with zero attached hydrogens (tertiary/aromatic N) is 4. The van der Waals surface area contributed by atoms with Crippen molar-refractivity contribution < 1.29 is 4.79 Å². The second-order valence-corrected chi connectivity index (χ2v) is 10.0. The molecular weight excluding hydrogens is 368 g/mol. The van der Waals surface area contributed by atoms with E-state index < -0.39 is 0 Å². The highest BCUT2D eigenvalue weighted by atomic mass is 32.2. The third kappa shape index (κ3) is 4.77. The van der Waals surface area contributed by atoms with E-state index in [2.05, 4.69) is 55.2 Å². The number of rotatable bonds is 4. The van der Waals surface area contributed by atoms with Gasteiger partial charge in [0.25, 0.3) is 0 Å². The van der Waals surface area contributed by atoms with Crippen LogP contribution in [0.15, 0.2) is 29.4 Å². The van der Waals surface area contributed by atoms with Gasteiger partial charge in [-0.3, -0.25) is 4.79 Å². The van der Waals surface area contributed by atoms with E-state index in [0.29, 0.717) is 0 Å². The molecule has 6 heteroatoms. The van der Waals surface area contributed by atoms with Gasteiger partial charge >= 0.3 is 0 Å². The molecule has 1 atom stereocenters. The zero-order valence-electron chi connectivity index (χ0n) is 17.7. The van der Waals surface area contributed by atoms with Gasteiger partial charge in [-0.25, -0.2) is 0 Å². The monoisotopic (exact) mass is 400 g/mol. The first-order chi connectivity index (χ1) is 13.3. The lowest BCUT2D eigenvalue weighted by Gasteiger charge is -2.23. The zero-order valence-corrected chi connectivity index (χ0v) is 18.6. The maximum Gasteiger partial charge on any atom is 0.235 e. The Balaban J connectivity index is 1.71. The third-order valence-corrected chi connectivity index (χ3v) is 6.51. The second-order valence-electron chi connectivity index (χ2n) is 8.69. The predicted molar refractivity (Wildman–Crippen MR) is 116 cm³/mol. The van der Waals surface area contributed by atoms with Crippen molar-refractivity contribution in [1.82, 2.24) is 19.7 Å². The van der Waals surface area contributed by atoms with Gasteiger partial charge in [-0.05, 0) is 30.7 Å². The minimum absolute atomic E-state index is 0.128. The Labute approximate surface area is 172 Å². The summed E-state index contributed by atoms with van der Waals surface area (Å²) in [4.78, 5) is 14.8. The average Bonchev–Trinajstić information content (AvgIpc) is 2.87. The first-order valence-electron chi connectivity index (χ1n) is 10.2. The minimum atomic E-state index is -0.155. The van der Waals surface area contributed by atoms with E-state index in [9.17, 15) is 4.79 Å². The summed E-state index contributed by atoms with van der Waals surface area (Å²) in [6.07, 6.45) is 4.68. The Morgan fingerprint density at radius 3 is 2.21 bits per heavy atom. The average molecular weight is 401 g/mol. The van der Waals surface area contributed by atoms with E-state index in [1.165, 1.54) is 30.2 Å². The number of hydrogen-bond acceptors (Lipinski definition) is 4. The summed E-state index contributed by atoms with van der Waals surface area (Å²) in [5.74, 6) is 1.04. The number of hydrogen-bond donors (Lipinski definition) is 0. The molecule has 2 heterocycles. The van der Waals surface area contributed by atoms with Gasteiger partial charge in [0.1, 0.15) is 0 Å². The molecule has 1 amide bonds. The number of benzene rings is 1. The van der Waals surface area contributed by atoms with Gasteiger partial charge in [-0.2, -0.15) is 0 Å². The second kappa shape index (κ2) is 8.68. The van der Waals surface area contributed by atoms with Crippen LogP contribution in [0.3, 0.4) is 0 Å². The molecular formula is C22H32N4OS. The molecule has 152 valence electrons. The van der Waals surface area contributed by atoms with Crippen LogP contribution >= 0.6 is 11.8 Å². The lowest BCUT2D eigenvalue weighted by atomic mass is 9.87. The fourth-order valence-corrected chi connectivity index (χ4v) is 4.44. The predicted octanol–water partition coefficient (Wildman–Crippen LogP) is 4.66. The van der Waals surface area contributed by atoms with E-state index in [1.807, 2.05) is 23.4 Å². The maximum absolute atomic E-state index is 12.8. The van der Waals surface area contributed by atoms with Gasteiger partial charge in [0, 0.05) is 25.7 Å². The molecule has 3 rings (SSSR count). The van der Waals surface area contributed by atoms with Gasteiger partial charge in [0.05, 0.1) is 5.25 Å². The van der Waals surface area contributed by atoms with Crippen LogP contribution in [0.2, 0.25) is 0 Å². The summed E-state index contributed by atoms with van der Waals surface area (Å²) in [6.45, 7) is 10.4. The van der Waals surface area contributed by atoms with Crippen LogP contribution in [0.4, 0.5) is 0 Å². The molecule has 1 aromatic heterocycles. The first-order valence-corrected chi connectivity index (χ1v) is 11.1. The first kappa shape index (κ1) is 20.9. The Morgan fingerprint density at radius 2 is 1.64 bits per heavy atom. The normalized spacial score (nSPS) is 16.7. The minimum Gasteiger partial charge on any atom is -0.342 e. The Hall–Kier alpha value is -1.82. The van der Waals surface area contributed by atoms with Crippen molar-refractivity contribution in [2.24, 2.45) is 7.05 Å². The molecule has 0 N–H and O–H groups in total. The smallest absolute Gasteiger partial charge is 0.235 e. The molecule has 1 aliphatic rings. The topological polar surface area (TPSA) is 51.0 Å². The lowest BCUT2D eigenvalue weighted by Crippen LogP contribution is -2.37. The quantitative estimate of drug-likeness (QED) is 0.700. The van der Waals surface area contributed by atoms with Crippen molar-refractivity contribution in [1.29, 1.82) is 0 Å². The van der Waals surface area contributed by atoms with Crippen molar-refractivity contribution in [3.63, 3.8) is 0 Å². The maximum atomic E-state index is 12.8. The van der Waals surface area contributed by atoms with E-state index in [-0.39, 0.29) is 16.6 Å². The Morgan fingerprint density at radius 1 is 1.04 bits per heavy atom. The van der Waals surface area contributed by atoms with Crippen LogP contribution in [0.5, 0.6) is 0 Å². The van der Waals surface area contributed by atoms with Gasteiger partial charge in [-0.15, -0.1) is 10.2 Å². The van der Waals surface area contributed by atoms with E-state index >= 15 is 0 Å². The van der Waals surface area contributed by atoms with Gasteiger partial charge in [0.2, 0.25) is 5.91 Å². The number of thioether (sulfide) groups is 1. The van der Waals surface area contributed by atoms with Crippen molar-refractivity contribution >= 4 is 17.7 Å². The largest absolute Gasteiger partial charge is 0.342 e. The fourth-order valence-electron chi connectivity index (χ4n) is 3.54. The van der Waals surface area contributed by atoms with Gasteiger partial charge in [0.15, 0.2) is 11.0 Å². The summed E-state index contributed by atoms with van der Waals surface area (Å²) in [5, 5.41) is 9.37. The van der Waals surface area contributed by atoms with Crippen molar-refractivity contribution in [2.75, 3.05) is 13.1 Å². The van der Waals surface area contributed by atoms with Crippen LogP contribution in [0.1, 0.15) is 58.9 Å². The van der Waals surface area contributed by atoms with E-state index in [4.69, 9.17) is 0 Å². The number of carbonyl (C=O) groups is 1. The summed E-state index contributed by atoms with van der Waals surface area (Å²) in [6, 6.07) is 8.51. The SMILES string of the molecule is C[C@@H](Sc1nnc(-c2ccc(C(C)(C)C)cc2)n1C)C(=O)N1CCCCCC1. The molecule has 0 saturated carbocycles. The van der Waals surface area contributed by atoms with Crippen LogP contribution in [-0.4, -0.2) is 43.9 Å². The van der Waals surface area contributed by atoms with Crippen LogP contribution < -0.4 is 0 Å². The molecule has 28 heavy (non-hydrogen) atoms. The van der Waals surface area contributed by atoms with Crippen molar-refractivity contribution in [3.8, 4) is 11.4 Å². The number of carbonyl (C=O) groups excluding carboxylic acids is 1. The third-order valence-electron chi connectivity index (χ3n) is 5.39. The highest BCUT2D eigenvalue weighted by molar-refractivity contribution is 8.00. The van der Waals surface area contributed by atoms with Crippen LogP contribution in [0.25, 0.3) is 11.4 Å². The molecule has 1 aromatic carbocycles. The highest BCUT2D eigenvalue weighted by Gasteiger charge is 2.24. The standard InChI is InChI=1S/C22H32N4OS/c1-16(20(27)26-14-8-6-7-9-15-26)28-21-24-23-19(25(21)5)17-10-12-18(13-11-17)22(2,3)4/h10-13,16H,6-9,14-15H2,1-5H3/t16-/m1/s1. The Bertz CT molecular complexity index is 799. The van der Waals surface area contributed by atoms with Gasteiger partial charge < -0.3 is 9.47 Å². The zero-order chi connectivity index (χ0) is 20.3. The lowest BCUT2D eigenvalue weighted by molar-refractivity contribution is -0.130. The molecule has 5 nitrogen and oxygen atoms in total. The van der Waals surface area contributed by atoms with E-state index in [1.54, 1.807) is 0 Å². The molecule has 1 fully saturated rings. The molecule has 0 unspecified atom stereocenters. The molecule has 0 bridgehead atoms. The Kier molecular flexibility index (Phi) is 6.48.